The van der Waals surface area contributed by atoms with Crippen LogP contribution in [0.25, 0.3) is 0 Å². The number of fused-ring (bicyclic) bond motifs is 1. The second-order valence-corrected chi connectivity index (χ2v) is 4.57. The quantitative estimate of drug-likeness (QED) is 0.877. The van der Waals surface area contributed by atoms with Crippen molar-refractivity contribution in [3.63, 3.8) is 0 Å². The lowest BCUT2D eigenvalue weighted by molar-refractivity contribution is 0.389. The number of hydrogen-bond acceptors (Lipinski definition) is 3. The van der Waals surface area contributed by atoms with Crippen molar-refractivity contribution in [3.05, 3.63) is 53.2 Å². The third-order valence-corrected chi connectivity index (χ3v) is 3.54. The Hall–Kier alpha value is -1.61. The molecule has 0 amide bonds. The van der Waals surface area contributed by atoms with Crippen LogP contribution in [0.1, 0.15) is 41.7 Å². The third-order valence-electron chi connectivity index (χ3n) is 3.54. The predicted octanol–water partition coefficient (Wildman–Crippen LogP) is 2.64. The maximum atomic E-state index is 5.82. The van der Waals surface area contributed by atoms with Crippen molar-refractivity contribution in [1.82, 2.24) is 10.3 Å². The second-order valence-electron chi connectivity index (χ2n) is 4.57. The first-order chi connectivity index (χ1) is 8.29. The lowest BCUT2D eigenvalue weighted by atomic mass is 9.76. The summed E-state index contributed by atoms with van der Waals surface area (Å²) >= 11 is 0. The Bertz CT molecular complexity index is 533. The topological polar surface area (TPSA) is 38.1 Å². The standard InChI is InChI=1S/C14H16N2O/c1-9(15-2)14-16-8-13(17-14)12-7-10-5-3-4-6-11(10)12/h3-6,8-9,12,15H,7H2,1-2H3. The van der Waals surface area contributed by atoms with Crippen LogP contribution in [0.15, 0.2) is 34.9 Å². The number of benzene rings is 1. The molecule has 3 nitrogen and oxygen atoms in total. The van der Waals surface area contributed by atoms with Gasteiger partial charge in [-0.05, 0) is 31.5 Å². The van der Waals surface area contributed by atoms with Crippen LogP contribution in [0.5, 0.6) is 0 Å². The van der Waals surface area contributed by atoms with Gasteiger partial charge in [0.15, 0.2) is 0 Å². The van der Waals surface area contributed by atoms with Crippen LogP contribution in [0.2, 0.25) is 0 Å². The predicted molar refractivity (Wildman–Crippen MR) is 66.0 cm³/mol. The van der Waals surface area contributed by atoms with Crippen molar-refractivity contribution < 1.29 is 4.42 Å². The molecule has 1 N–H and O–H groups in total. The Morgan fingerprint density at radius 1 is 1.41 bits per heavy atom. The molecule has 2 atom stereocenters. The van der Waals surface area contributed by atoms with Crippen molar-refractivity contribution in [2.45, 2.75) is 25.3 Å². The van der Waals surface area contributed by atoms with Gasteiger partial charge in [0, 0.05) is 5.92 Å². The molecule has 1 aliphatic rings. The van der Waals surface area contributed by atoms with Gasteiger partial charge < -0.3 is 9.73 Å². The van der Waals surface area contributed by atoms with Gasteiger partial charge >= 0.3 is 0 Å². The van der Waals surface area contributed by atoms with E-state index in [-0.39, 0.29) is 6.04 Å². The minimum Gasteiger partial charge on any atom is -0.443 e. The Kier molecular flexibility index (Phi) is 2.48. The van der Waals surface area contributed by atoms with Gasteiger partial charge in [-0.1, -0.05) is 24.3 Å². The first kappa shape index (κ1) is 10.5. The fraction of sp³-hybridized carbons (Fsp3) is 0.357. The molecule has 3 rings (SSSR count). The summed E-state index contributed by atoms with van der Waals surface area (Å²) < 4.78 is 5.82. The molecule has 2 unspecified atom stereocenters. The van der Waals surface area contributed by atoms with Crippen molar-refractivity contribution in [3.8, 4) is 0 Å². The average molecular weight is 228 g/mol. The maximum Gasteiger partial charge on any atom is 0.211 e. The first-order valence-corrected chi connectivity index (χ1v) is 6.00. The van der Waals surface area contributed by atoms with Crippen LogP contribution < -0.4 is 5.32 Å². The van der Waals surface area contributed by atoms with Crippen molar-refractivity contribution >= 4 is 0 Å². The SMILES string of the molecule is CNC(C)c1ncc(C2Cc3ccccc32)o1. The van der Waals surface area contributed by atoms with Gasteiger partial charge in [0.2, 0.25) is 5.89 Å². The molecule has 1 aliphatic carbocycles. The molecular weight excluding hydrogens is 212 g/mol. The highest BCUT2D eigenvalue weighted by Crippen LogP contribution is 2.40. The highest BCUT2D eigenvalue weighted by atomic mass is 16.4. The molecule has 0 fully saturated rings. The van der Waals surface area contributed by atoms with E-state index in [1.54, 1.807) is 0 Å². The van der Waals surface area contributed by atoms with Crippen LogP contribution in [0.3, 0.4) is 0 Å². The Morgan fingerprint density at radius 3 is 3.00 bits per heavy atom. The minimum atomic E-state index is 0.166. The van der Waals surface area contributed by atoms with Crippen molar-refractivity contribution in [2.24, 2.45) is 0 Å². The summed E-state index contributed by atoms with van der Waals surface area (Å²) in [4.78, 5) is 4.33. The van der Waals surface area contributed by atoms with E-state index in [1.807, 2.05) is 20.2 Å². The van der Waals surface area contributed by atoms with Crippen LogP contribution in [-0.2, 0) is 6.42 Å². The summed E-state index contributed by atoms with van der Waals surface area (Å²) in [7, 11) is 1.91. The number of nitrogens with zero attached hydrogens (tertiary/aromatic N) is 1. The van der Waals surface area contributed by atoms with E-state index < -0.39 is 0 Å². The first-order valence-electron chi connectivity index (χ1n) is 6.00. The molecule has 2 aromatic rings. The Balaban J connectivity index is 1.86. The van der Waals surface area contributed by atoms with Crippen LogP contribution in [0, 0.1) is 0 Å². The number of oxazole rings is 1. The van der Waals surface area contributed by atoms with E-state index in [1.165, 1.54) is 11.1 Å². The lowest BCUT2D eigenvalue weighted by Gasteiger charge is -2.27. The van der Waals surface area contributed by atoms with Gasteiger partial charge in [-0.2, -0.15) is 0 Å². The zero-order chi connectivity index (χ0) is 11.8. The van der Waals surface area contributed by atoms with Crippen molar-refractivity contribution in [2.75, 3.05) is 7.05 Å². The summed E-state index contributed by atoms with van der Waals surface area (Å²) in [6.45, 7) is 2.05. The van der Waals surface area contributed by atoms with E-state index in [0.717, 1.165) is 18.1 Å². The van der Waals surface area contributed by atoms with Gasteiger partial charge in [0.25, 0.3) is 0 Å². The molecule has 1 aromatic heterocycles. The second kappa shape index (κ2) is 4.00. The Labute approximate surface area is 101 Å². The number of aromatic nitrogens is 1. The van der Waals surface area contributed by atoms with Gasteiger partial charge in [0.1, 0.15) is 5.76 Å². The minimum absolute atomic E-state index is 0.166. The summed E-state index contributed by atoms with van der Waals surface area (Å²) in [6, 6.07) is 8.69. The fourth-order valence-corrected chi connectivity index (χ4v) is 2.30. The normalized spacial score (nSPS) is 19.5. The number of rotatable bonds is 3. The van der Waals surface area contributed by atoms with Gasteiger partial charge in [0.05, 0.1) is 12.2 Å². The lowest BCUT2D eigenvalue weighted by Crippen LogP contribution is -2.17. The monoisotopic (exact) mass is 228 g/mol. The van der Waals surface area contributed by atoms with E-state index in [9.17, 15) is 0 Å². The third kappa shape index (κ3) is 1.67. The smallest absolute Gasteiger partial charge is 0.211 e. The van der Waals surface area contributed by atoms with Crippen LogP contribution >= 0.6 is 0 Å². The summed E-state index contributed by atoms with van der Waals surface area (Å²) in [5.41, 5.74) is 2.81. The molecule has 0 radical (unpaired) electrons. The fourth-order valence-electron chi connectivity index (χ4n) is 2.30. The van der Waals surface area contributed by atoms with Crippen molar-refractivity contribution in [1.29, 1.82) is 0 Å². The highest BCUT2D eigenvalue weighted by molar-refractivity contribution is 5.44. The van der Waals surface area contributed by atoms with Gasteiger partial charge in [-0.3, -0.25) is 0 Å². The average Bonchev–Trinajstić information content (AvgIpc) is 2.79. The molecule has 88 valence electrons. The highest BCUT2D eigenvalue weighted by Gasteiger charge is 2.30. The van der Waals surface area contributed by atoms with E-state index in [2.05, 4.69) is 34.6 Å². The van der Waals surface area contributed by atoms with Gasteiger partial charge in [-0.25, -0.2) is 4.98 Å². The largest absolute Gasteiger partial charge is 0.443 e. The maximum absolute atomic E-state index is 5.82. The van der Waals surface area contributed by atoms with Gasteiger partial charge in [-0.15, -0.1) is 0 Å². The number of nitrogens with one attached hydrogen (secondary N) is 1. The Morgan fingerprint density at radius 2 is 2.24 bits per heavy atom. The zero-order valence-corrected chi connectivity index (χ0v) is 10.1. The summed E-state index contributed by atoms with van der Waals surface area (Å²) in [5, 5.41) is 3.13. The molecular formula is C14H16N2O. The van der Waals surface area contributed by atoms with Crippen LogP contribution in [0.4, 0.5) is 0 Å². The molecule has 1 heterocycles. The van der Waals surface area contributed by atoms with E-state index >= 15 is 0 Å². The molecule has 0 spiro atoms. The molecule has 0 aliphatic heterocycles. The molecule has 17 heavy (non-hydrogen) atoms. The molecule has 0 bridgehead atoms. The van der Waals surface area contributed by atoms with E-state index in [4.69, 9.17) is 4.42 Å². The van der Waals surface area contributed by atoms with E-state index in [0.29, 0.717) is 5.92 Å². The zero-order valence-electron chi connectivity index (χ0n) is 10.1. The molecule has 3 heteroatoms. The molecule has 1 aromatic carbocycles. The summed E-state index contributed by atoms with van der Waals surface area (Å²) in [6.07, 6.45) is 2.93. The van der Waals surface area contributed by atoms with Crippen LogP contribution in [-0.4, -0.2) is 12.0 Å². The summed E-state index contributed by atoms with van der Waals surface area (Å²) in [5.74, 6) is 2.16. The molecule has 0 saturated carbocycles. The molecule has 0 saturated heterocycles. The number of hydrogen-bond donors (Lipinski definition) is 1.